The van der Waals surface area contributed by atoms with Crippen molar-refractivity contribution in [3.05, 3.63) is 60.2 Å². The summed E-state index contributed by atoms with van der Waals surface area (Å²) >= 11 is 0. The maximum Gasteiger partial charge on any atom is 0.226 e. The second-order valence-electron chi connectivity index (χ2n) is 4.91. The first-order valence-electron chi connectivity index (χ1n) is 6.91. The van der Waals surface area contributed by atoms with Crippen LogP contribution in [-0.4, -0.2) is 24.5 Å². The summed E-state index contributed by atoms with van der Waals surface area (Å²) in [7, 11) is 1.79. The van der Waals surface area contributed by atoms with Crippen molar-refractivity contribution in [3.8, 4) is 5.75 Å². The van der Waals surface area contributed by atoms with E-state index in [9.17, 15) is 4.79 Å². The summed E-state index contributed by atoms with van der Waals surface area (Å²) in [6.07, 6.45) is 0.355. The molecule has 2 aromatic rings. The second kappa shape index (κ2) is 7.33. The number of ether oxygens (including phenoxy) is 1. The van der Waals surface area contributed by atoms with E-state index >= 15 is 0 Å². The molecule has 4 nitrogen and oxygen atoms in total. The van der Waals surface area contributed by atoms with Gasteiger partial charge in [0, 0.05) is 19.3 Å². The van der Waals surface area contributed by atoms with Gasteiger partial charge in [-0.2, -0.15) is 0 Å². The molecule has 21 heavy (non-hydrogen) atoms. The summed E-state index contributed by atoms with van der Waals surface area (Å²) in [4.78, 5) is 13.7. The number of nitrogens with two attached hydrogens (primary N) is 1. The lowest BCUT2D eigenvalue weighted by atomic mass is 10.2. The maximum atomic E-state index is 12.0. The third kappa shape index (κ3) is 4.84. The van der Waals surface area contributed by atoms with Crippen LogP contribution >= 0.6 is 0 Å². The first-order valence-corrected chi connectivity index (χ1v) is 6.91. The van der Waals surface area contributed by atoms with E-state index < -0.39 is 0 Å². The van der Waals surface area contributed by atoms with Crippen LogP contribution in [0.1, 0.15) is 12.0 Å². The van der Waals surface area contributed by atoms with Crippen LogP contribution in [-0.2, 0) is 11.3 Å². The van der Waals surface area contributed by atoms with Crippen LogP contribution in [0.3, 0.4) is 0 Å². The number of rotatable bonds is 6. The molecule has 0 fully saturated rings. The average Bonchev–Trinajstić information content (AvgIpc) is 2.48. The molecule has 4 heteroatoms. The summed E-state index contributed by atoms with van der Waals surface area (Å²) in [5, 5.41) is 0. The van der Waals surface area contributed by atoms with Crippen LogP contribution in [0, 0.1) is 0 Å². The van der Waals surface area contributed by atoms with Gasteiger partial charge in [0.25, 0.3) is 0 Å². The minimum Gasteiger partial charge on any atom is -0.493 e. The molecule has 0 aliphatic heterocycles. The quantitative estimate of drug-likeness (QED) is 0.830. The fourth-order valence-corrected chi connectivity index (χ4v) is 2.02. The molecule has 2 rings (SSSR count). The van der Waals surface area contributed by atoms with Crippen molar-refractivity contribution in [1.29, 1.82) is 0 Å². The number of nitrogens with zero attached hydrogens (tertiary/aromatic N) is 1. The van der Waals surface area contributed by atoms with Gasteiger partial charge < -0.3 is 15.4 Å². The third-order valence-electron chi connectivity index (χ3n) is 3.12. The summed E-state index contributed by atoms with van der Waals surface area (Å²) in [5.74, 6) is 0.831. The molecule has 0 aliphatic carbocycles. The number of benzene rings is 2. The Morgan fingerprint density at radius 3 is 2.62 bits per heavy atom. The highest BCUT2D eigenvalue weighted by Crippen LogP contribution is 2.11. The van der Waals surface area contributed by atoms with Gasteiger partial charge in [-0.1, -0.05) is 30.3 Å². The third-order valence-corrected chi connectivity index (χ3v) is 3.12. The molecule has 0 saturated carbocycles. The zero-order chi connectivity index (χ0) is 15.1. The fraction of sp³-hybridized carbons (Fsp3) is 0.235. The molecular formula is C17H20N2O2. The topological polar surface area (TPSA) is 55.6 Å². The number of carbonyl (C=O) groups excluding carboxylic acids is 1. The fourth-order valence-electron chi connectivity index (χ4n) is 2.02. The smallest absolute Gasteiger partial charge is 0.226 e. The Balaban J connectivity index is 1.77. The van der Waals surface area contributed by atoms with Crippen LogP contribution < -0.4 is 10.5 Å². The van der Waals surface area contributed by atoms with E-state index in [1.165, 1.54) is 0 Å². The number of nitrogen functional groups attached to an aromatic ring is 1. The lowest BCUT2D eigenvalue weighted by molar-refractivity contribution is -0.130. The zero-order valence-electron chi connectivity index (χ0n) is 12.2. The van der Waals surface area contributed by atoms with Gasteiger partial charge in [0.1, 0.15) is 5.75 Å². The van der Waals surface area contributed by atoms with E-state index in [1.807, 2.05) is 54.6 Å². The van der Waals surface area contributed by atoms with Crippen molar-refractivity contribution >= 4 is 11.6 Å². The molecular weight excluding hydrogens is 264 g/mol. The molecule has 0 bridgehead atoms. The van der Waals surface area contributed by atoms with Gasteiger partial charge in [-0.15, -0.1) is 0 Å². The number of anilines is 1. The lowest BCUT2D eigenvalue weighted by Gasteiger charge is -2.17. The molecule has 0 radical (unpaired) electrons. The molecule has 0 spiro atoms. The minimum atomic E-state index is 0.0494. The molecule has 0 atom stereocenters. The normalized spacial score (nSPS) is 10.1. The summed E-state index contributed by atoms with van der Waals surface area (Å²) in [5.41, 5.74) is 7.46. The minimum absolute atomic E-state index is 0.0494. The Hall–Kier alpha value is -2.49. The summed E-state index contributed by atoms with van der Waals surface area (Å²) in [6, 6.07) is 17.1. The predicted octanol–water partition coefficient (Wildman–Crippen LogP) is 2.70. The van der Waals surface area contributed by atoms with Crippen molar-refractivity contribution in [2.24, 2.45) is 0 Å². The van der Waals surface area contributed by atoms with E-state index in [2.05, 4.69) is 0 Å². The number of carbonyl (C=O) groups is 1. The van der Waals surface area contributed by atoms with Crippen LogP contribution in [0.4, 0.5) is 5.69 Å². The summed E-state index contributed by atoms with van der Waals surface area (Å²) < 4.78 is 5.53. The SMILES string of the molecule is CN(Cc1cccc(N)c1)C(=O)CCOc1ccccc1. The van der Waals surface area contributed by atoms with Gasteiger partial charge in [0.05, 0.1) is 13.0 Å². The maximum absolute atomic E-state index is 12.0. The van der Waals surface area contributed by atoms with E-state index in [1.54, 1.807) is 11.9 Å². The van der Waals surface area contributed by atoms with Gasteiger partial charge in [-0.05, 0) is 29.8 Å². The van der Waals surface area contributed by atoms with Crippen LogP contribution in [0.2, 0.25) is 0 Å². The van der Waals surface area contributed by atoms with Crippen molar-refractivity contribution in [1.82, 2.24) is 4.90 Å². The van der Waals surface area contributed by atoms with Gasteiger partial charge in [0.2, 0.25) is 5.91 Å². The Kier molecular flexibility index (Phi) is 5.21. The Bertz CT molecular complexity index is 584. The second-order valence-corrected chi connectivity index (χ2v) is 4.91. The van der Waals surface area contributed by atoms with E-state index in [0.717, 1.165) is 11.3 Å². The molecule has 0 heterocycles. The monoisotopic (exact) mass is 284 g/mol. The van der Waals surface area contributed by atoms with Crippen molar-refractivity contribution < 1.29 is 9.53 Å². The van der Waals surface area contributed by atoms with Crippen LogP contribution in [0.5, 0.6) is 5.75 Å². The van der Waals surface area contributed by atoms with Gasteiger partial charge >= 0.3 is 0 Å². The molecule has 0 aromatic heterocycles. The van der Waals surface area contributed by atoms with Crippen LogP contribution in [0.15, 0.2) is 54.6 Å². The highest BCUT2D eigenvalue weighted by atomic mass is 16.5. The average molecular weight is 284 g/mol. The highest BCUT2D eigenvalue weighted by molar-refractivity contribution is 5.76. The standard InChI is InChI=1S/C17H20N2O2/c1-19(13-14-6-5-7-15(18)12-14)17(20)10-11-21-16-8-3-2-4-9-16/h2-9,12H,10-11,13,18H2,1H3. The number of amides is 1. The number of para-hydroxylation sites is 1. The predicted molar refractivity (Wildman–Crippen MR) is 83.9 cm³/mol. The summed E-state index contributed by atoms with van der Waals surface area (Å²) in [6.45, 7) is 0.930. The number of hydrogen-bond donors (Lipinski definition) is 1. The van der Waals surface area contributed by atoms with Gasteiger partial charge in [-0.3, -0.25) is 4.79 Å². The van der Waals surface area contributed by atoms with E-state index in [-0.39, 0.29) is 5.91 Å². The Labute approximate surface area is 125 Å². The molecule has 0 saturated heterocycles. The first-order chi connectivity index (χ1) is 10.1. The van der Waals surface area contributed by atoms with E-state index in [0.29, 0.717) is 25.3 Å². The zero-order valence-corrected chi connectivity index (χ0v) is 12.2. The van der Waals surface area contributed by atoms with Crippen molar-refractivity contribution in [3.63, 3.8) is 0 Å². The molecule has 2 N–H and O–H groups in total. The molecule has 1 amide bonds. The largest absolute Gasteiger partial charge is 0.493 e. The van der Waals surface area contributed by atoms with Gasteiger partial charge in [0.15, 0.2) is 0 Å². The molecule has 0 unspecified atom stereocenters. The Morgan fingerprint density at radius 1 is 1.14 bits per heavy atom. The highest BCUT2D eigenvalue weighted by Gasteiger charge is 2.09. The van der Waals surface area contributed by atoms with E-state index in [4.69, 9.17) is 10.5 Å². The lowest BCUT2D eigenvalue weighted by Crippen LogP contribution is -2.27. The first kappa shape index (κ1) is 14.9. The van der Waals surface area contributed by atoms with Gasteiger partial charge in [-0.25, -0.2) is 0 Å². The Morgan fingerprint density at radius 2 is 1.90 bits per heavy atom. The van der Waals surface area contributed by atoms with Crippen molar-refractivity contribution in [2.75, 3.05) is 19.4 Å². The molecule has 110 valence electrons. The van der Waals surface area contributed by atoms with Crippen LogP contribution in [0.25, 0.3) is 0 Å². The molecule has 0 aliphatic rings. The number of hydrogen-bond acceptors (Lipinski definition) is 3. The molecule has 2 aromatic carbocycles. The van der Waals surface area contributed by atoms with Crippen molar-refractivity contribution in [2.45, 2.75) is 13.0 Å².